The van der Waals surface area contributed by atoms with E-state index in [2.05, 4.69) is 229 Å². The van der Waals surface area contributed by atoms with Crippen LogP contribution in [0.2, 0.25) is 0 Å². The first-order valence-electron chi connectivity index (χ1n) is 19.4. The molecule has 11 rings (SSSR count). The van der Waals surface area contributed by atoms with Gasteiger partial charge in [0.05, 0.1) is 5.41 Å². The van der Waals surface area contributed by atoms with Gasteiger partial charge in [-0.25, -0.2) is 0 Å². The smallest absolute Gasteiger partial charge is 0.0726 e. The monoisotopic (exact) mass is 711 g/mol. The van der Waals surface area contributed by atoms with E-state index in [4.69, 9.17) is 0 Å². The van der Waals surface area contributed by atoms with Crippen molar-refractivity contribution in [3.63, 3.8) is 0 Å². The minimum atomic E-state index is -0.426. The number of hydrogen-bond donors (Lipinski definition) is 0. The highest BCUT2D eigenvalue weighted by Gasteiger charge is 2.51. The zero-order valence-corrected chi connectivity index (χ0v) is 30.8. The van der Waals surface area contributed by atoms with Crippen LogP contribution >= 0.6 is 0 Å². The molecule has 9 aromatic carbocycles. The fourth-order valence-electron chi connectivity index (χ4n) is 9.50. The van der Waals surface area contributed by atoms with Crippen LogP contribution in [0.1, 0.15) is 22.3 Å². The van der Waals surface area contributed by atoms with Gasteiger partial charge in [0.2, 0.25) is 0 Å². The Hall–Kier alpha value is -7.22. The zero-order valence-electron chi connectivity index (χ0n) is 30.8. The molecule has 0 heterocycles. The molecule has 0 radical (unpaired) electrons. The molecule has 0 amide bonds. The fourth-order valence-corrected chi connectivity index (χ4v) is 9.50. The molecule has 2 aliphatic carbocycles. The van der Waals surface area contributed by atoms with Gasteiger partial charge in [-0.2, -0.15) is 0 Å². The Morgan fingerprint density at radius 1 is 0.232 bits per heavy atom. The van der Waals surface area contributed by atoms with Crippen molar-refractivity contribution in [2.24, 2.45) is 0 Å². The number of fused-ring (bicyclic) bond motifs is 10. The lowest BCUT2D eigenvalue weighted by Gasteiger charge is -2.32. The summed E-state index contributed by atoms with van der Waals surface area (Å²) >= 11 is 0. The van der Waals surface area contributed by atoms with Crippen LogP contribution in [-0.2, 0) is 5.41 Å². The molecule has 262 valence electrons. The van der Waals surface area contributed by atoms with Gasteiger partial charge in [-0.15, -0.1) is 0 Å². The lowest BCUT2D eigenvalue weighted by atomic mass is 9.70. The van der Waals surface area contributed by atoms with Crippen LogP contribution in [0, 0.1) is 0 Å². The van der Waals surface area contributed by atoms with Crippen molar-refractivity contribution in [3.05, 3.63) is 247 Å². The lowest BCUT2D eigenvalue weighted by molar-refractivity contribution is 0.793. The minimum absolute atomic E-state index is 0.426. The molecule has 0 aliphatic heterocycles. The number of benzene rings is 9. The largest absolute Gasteiger partial charge is 0.310 e. The third-order valence-corrected chi connectivity index (χ3v) is 11.9. The van der Waals surface area contributed by atoms with E-state index in [-0.39, 0.29) is 0 Å². The Morgan fingerprint density at radius 2 is 0.607 bits per heavy atom. The van der Waals surface area contributed by atoms with Crippen molar-refractivity contribution in [2.75, 3.05) is 4.90 Å². The van der Waals surface area contributed by atoms with Gasteiger partial charge in [-0.05, 0) is 114 Å². The second-order valence-corrected chi connectivity index (χ2v) is 14.8. The van der Waals surface area contributed by atoms with Crippen molar-refractivity contribution in [1.82, 2.24) is 0 Å². The number of rotatable bonds is 6. The SMILES string of the molecule is c1ccc(-c2ccc(N(c3ccc(-c4ccccc4)c(-c4ccccc4)c3)c3ccc4c(c3)C3(c5ccccc5-c5ccccc53)c3ccccc3-4)cc2)cc1. The van der Waals surface area contributed by atoms with Crippen molar-refractivity contribution in [2.45, 2.75) is 5.41 Å². The summed E-state index contributed by atoms with van der Waals surface area (Å²) in [6, 6.07) is 82.4. The van der Waals surface area contributed by atoms with Crippen molar-refractivity contribution >= 4 is 17.1 Å². The Balaban J connectivity index is 1.16. The van der Waals surface area contributed by atoms with Crippen molar-refractivity contribution in [3.8, 4) is 55.6 Å². The first-order valence-corrected chi connectivity index (χ1v) is 19.4. The summed E-state index contributed by atoms with van der Waals surface area (Å²) < 4.78 is 0. The van der Waals surface area contributed by atoms with Crippen LogP contribution < -0.4 is 4.90 Å². The van der Waals surface area contributed by atoms with Gasteiger partial charge in [0.25, 0.3) is 0 Å². The van der Waals surface area contributed by atoms with Gasteiger partial charge in [0.15, 0.2) is 0 Å². The first-order chi connectivity index (χ1) is 27.8. The molecule has 9 aromatic rings. The predicted molar refractivity (Wildman–Crippen MR) is 234 cm³/mol. The van der Waals surface area contributed by atoms with Gasteiger partial charge in [0, 0.05) is 17.1 Å². The van der Waals surface area contributed by atoms with Crippen molar-refractivity contribution in [1.29, 1.82) is 0 Å². The highest BCUT2D eigenvalue weighted by molar-refractivity contribution is 5.97. The van der Waals surface area contributed by atoms with E-state index in [1.54, 1.807) is 0 Å². The van der Waals surface area contributed by atoms with Gasteiger partial charge >= 0.3 is 0 Å². The van der Waals surface area contributed by atoms with Crippen LogP contribution in [-0.4, -0.2) is 0 Å². The zero-order chi connectivity index (χ0) is 37.1. The quantitative estimate of drug-likeness (QED) is 0.166. The van der Waals surface area contributed by atoms with Crippen molar-refractivity contribution < 1.29 is 0 Å². The molecule has 0 aromatic heterocycles. The highest BCUT2D eigenvalue weighted by Crippen LogP contribution is 2.63. The molecule has 0 bridgehead atoms. The molecule has 2 aliphatic rings. The predicted octanol–water partition coefficient (Wildman–Crippen LogP) is 14.5. The molecule has 0 fully saturated rings. The van der Waals surface area contributed by atoms with E-state index in [0.717, 1.165) is 17.1 Å². The Bertz CT molecular complexity index is 2830. The van der Waals surface area contributed by atoms with E-state index in [1.807, 2.05) is 0 Å². The van der Waals surface area contributed by atoms with E-state index < -0.39 is 5.41 Å². The van der Waals surface area contributed by atoms with E-state index in [1.165, 1.54) is 77.9 Å². The standard InChI is InChI=1S/C55H37N/c1-4-16-38(17-5-1)39-28-30-42(31-29-39)56(43-32-34-45(40-18-6-2-7-19-40)50(36-43)41-20-8-3-9-21-41)44-33-35-49-48-24-12-15-27-53(48)55(54(49)37-44)51-25-13-10-22-46(51)47-23-11-14-26-52(47)55/h1-37H. The Labute approximate surface area is 328 Å². The maximum absolute atomic E-state index is 2.48. The highest BCUT2D eigenvalue weighted by atomic mass is 15.1. The summed E-state index contributed by atoms with van der Waals surface area (Å²) in [5.41, 5.74) is 20.7. The molecule has 1 nitrogen and oxygen atoms in total. The number of nitrogens with zero attached hydrogens (tertiary/aromatic N) is 1. The van der Waals surface area contributed by atoms with E-state index >= 15 is 0 Å². The summed E-state index contributed by atoms with van der Waals surface area (Å²) in [6.45, 7) is 0. The molecule has 1 heteroatoms. The summed E-state index contributed by atoms with van der Waals surface area (Å²) in [7, 11) is 0. The summed E-state index contributed by atoms with van der Waals surface area (Å²) in [5.74, 6) is 0. The number of hydrogen-bond acceptors (Lipinski definition) is 1. The summed E-state index contributed by atoms with van der Waals surface area (Å²) in [4.78, 5) is 2.44. The van der Waals surface area contributed by atoms with E-state index in [9.17, 15) is 0 Å². The normalized spacial score (nSPS) is 12.8. The maximum atomic E-state index is 2.48. The number of anilines is 3. The topological polar surface area (TPSA) is 3.24 Å². The third-order valence-electron chi connectivity index (χ3n) is 11.9. The maximum Gasteiger partial charge on any atom is 0.0726 e. The first kappa shape index (κ1) is 32.2. The van der Waals surface area contributed by atoms with Gasteiger partial charge in [-0.1, -0.05) is 188 Å². The second kappa shape index (κ2) is 13.0. The average molecular weight is 712 g/mol. The molecular formula is C55H37N. The summed E-state index contributed by atoms with van der Waals surface area (Å²) in [5, 5.41) is 0. The average Bonchev–Trinajstić information content (AvgIpc) is 3.75. The van der Waals surface area contributed by atoms with Crippen LogP contribution in [0.25, 0.3) is 55.6 Å². The molecule has 0 saturated heterocycles. The van der Waals surface area contributed by atoms with Crippen LogP contribution in [0.5, 0.6) is 0 Å². The lowest BCUT2D eigenvalue weighted by Crippen LogP contribution is -2.26. The van der Waals surface area contributed by atoms with Crippen LogP contribution in [0.15, 0.2) is 224 Å². The molecule has 0 N–H and O–H groups in total. The second-order valence-electron chi connectivity index (χ2n) is 14.8. The van der Waals surface area contributed by atoms with Gasteiger partial charge in [0.1, 0.15) is 0 Å². The molecule has 0 unspecified atom stereocenters. The van der Waals surface area contributed by atoms with E-state index in [0.29, 0.717) is 0 Å². The Morgan fingerprint density at radius 3 is 1.14 bits per heavy atom. The van der Waals surface area contributed by atoms with Crippen LogP contribution in [0.3, 0.4) is 0 Å². The molecular weight excluding hydrogens is 675 g/mol. The van der Waals surface area contributed by atoms with Gasteiger partial charge in [-0.3, -0.25) is 0 Å². The molecule has 1 spiro atoms. The molecule has 56 heavy (non-hydrogen) atoms. The third kappa shape index (κ3) is 4.88. The summed E-state index contributed by atoms with van der Waals surface area (Å²) in [6.07, 6.45) is 0. The fraction of sp³-hybridized carbons (Fsp3) is 0.0182. The van der Waals surface area contributed by atoms with Gasteiger partial charge < -0.3 is 4.90 Å². The Kier molecular flexibility index (Phi) is 7.47. The minimum Gasteiger partial charge on any atom is -0.310 e. The molecule has 0 atom stereocenters. The molecule has 0 saturated carbocycles. The van der Waals surface area contributed by atoms with Crippen LogP contribution in [0.4, 0.5) is 17.1 Å².